The second-order valence-electron chi connectivity index (χ2n) is 5.42. The second kappa shape index (κ2) is 7.38. The highest BCUT2D eigenvalue weighted by molar-refractivity contribution is 4.75. The van der Waals surface area contributed by atoms with Crippen molar-refractivity contribution >= 4 is 0 Å². The van der Waals surface area contributed by atoms with Gasteiger partial charge in [-0.1, -0.05) is 0 Å². The first kappa shape index (κ1) is 14.2. The van der Waals surface area contributed by atoms with E-state index in [9.17, 15) is 4.39 Å². The molecule has 0 N–H and O–H groups in total. The molecule has 2 aliphatic rings. The van der Waals surface area contributed by atoms with E-state index >= 15 is 0 Å². The summed E-state index contributed by atoms with van der Waals surface area (Å²) in [7, 11) is 1.75. The van der Waals surface area contributed by atoms with Crippen molar-refractivity contribution in [2.75, 3.05) is 66.2 Å². The standard InChI is InChI=1S/C13H26FN3O/c1-18-12-17-9-6-15(7-10-17)5-8-16-4-2-3-13(14)11-16/h13H,2-12H2,1H3. The van der Waals surface area contributed by atoms with Crippen molar-refractivity contribution in [1.82, 2.24) is 14.7 Å². The van der Waals surface area contributed by atoms with Crippen molar-refractivity contribution in [2.24, 2.45) is 0 Å². The highest BCUT2D eigenvalue weighted by Crippen LogP contribution is 2.12. The highest BCUT2D eigenvalue weighted by atomic mass is 19.1. The van der Waals surface area contributed by atoms with Crippen molar-refractivity contribution in [3.8, 4) is 0 Å². The zero-order valence-corrected chi connectivity index (χ0v) is 11.5. The lowest BCUT2D eigenvalue weighted by molar-refractivity contribution is 0.0232. The number of nitrogens with zero attached hydrogens (tertiary/aromatic N) is 3. The van der Waals surface area contributed by atoms with Gasteiger partial charge in [-0.15, -0.1) is 0 Å². The van der Waals surface area contributed by atoms with E-state index in [1.807, 2.05) is 0 Å². The first-order valence-electron chi connectivity index (χ1n) is 7.08. The molecule has 0 bridgehead atoms. The molecule has 106 valence electrons. The summed E-state index contributed by atoms with van der Waals surface area (Å²) in [4.78, 5) is 7.08. The Morgan fingerprint density at radius 1 is 1.00 bits per heavy atom. The number of halogens is 1. The largest absolute Gasteiger partial charge is 0.369 e. The summed E-state index contributed by atoms with van der Waals surface area (Å²) in [5, 5.41) is 0. The lowest BCUT2D eigenvalue weighted by atomic mass is 10.1. The van der Waals surface area contributed by atoms with E-state index in [1.165, 1.54) is 0 Å². The van der Waals surface area contributed by atoms with Gasteiger partial charge in [0.2, 0.25) is 0 Å². The third-order valence-electron chi connectivity index (χ3n) is 3.96. The fraction of sp³-hybridized carbons (Fsp3) is 1.00. The van der Waals surface area contributed by atoms with E-state index in [1.54, 1.807) is 7.11 Å². The average Bonchev–Trinajstić information content (AvgIpc) is 2.38. The molecule has 4 nitrogen and oxygen atoms in total. The van der Waals surface area contributed by atoms with Gasteiger partial charge in [0.15, 0.2) is 0 Å². The number of alkyl halides is 1. The molecule has 2 saturated heterocycles. The van der Waals surface area contributed by atoms with E-state index in [0.29, 0.717) is 6.54 Å². The minimum absolute atomic E-state index is 0.600. The van der Waals surface area contributed by atoms with Crippen LogP contribution in [0.5, 0.6) is 0 Å². The van der Waals surface area contributed by atoms with Gasteiger partial charge in [0, 0.05) is 52.9 Å². The van der Waals surface area contributed by atoms with Crippen molar-refractivity contribution in [3.63, 3.8) is 0 Å². The Hall–Kier alpha value is -0.230. The van der Waals surface area contributed by atoms with Gasteiger partial charge < -0.3 is 4.74 Å². The van der Waals surface area contributed by atoms with E-state index in [-0.39, 0.29) is 0 Å². The molecule has 18 heavy (non-hydrogen) atoms. The first-order valence-corrected chi connectivity index (χ1v) is 7.08. The van der Waals surface area contributed by atoms with E-state index in [2.05, 4.69) is 14.7 Å². The number of methoxy groups -OCH3 is 1. The van der Waals surface area contributed by atoms with E-state index < -0.39 is 6.17 Å². The monoisotopic (exact) mass is 259 g/mol. The SMILES string of the molecule is COCN1CCN(CCN2CCCC(F)C2)CC1. The van der Waals surface area contributed by atoms with Crippen LogP contribution in [-0.4, -0.2) is 87.1 Å². The van der Waals surface area contributed by atoms with Crippen LogP contribution in [0, 0.1) is 0 Å². The Labute approximate surface area is 110 Å². The van der Waals surface area contributed by atoms with Crippen LogP contribution in [0.25, 0.3) is 0 Å². The zero-order chi connectivity index (χ0) is 12.8. The molecule has 0 aromatic carbocycles. The Morgan fingerprint density at radius 3 is 2.33 bits per heavy atom. The van der Waals surface area contributed by atoms with Gasteiger partial charge in [-0.05, 0) is 19.4 Å². The molecule has 0 amide bonds. The fourth-order valence-corrected chi connectivity index (χ4v) is 2.81. The number of piperazine rings is 1. The van der Waals surface area contributed by atoms with Gasteiger partial charge >= 0.3 is 0 Å². The normalized spacial score (nSPS) is 28.7. The quantitative estimate of drug-likeness (QED) is 0.721. The summed E-state index contributed by atoms with van der Waals surface area (Å²) in [6.07, 6.45) is 1.17. The predicted molar refractivity (Wildman–Crippen MR) is 70.5 cm³/mol. The molecular weight excluding hydrogens is 233 g/mol. The summed E-state index contributed by atoms with van der Waals surface area (Å²) < 4.78 is 18.4. The summed E-state index contributed by atoms with van der Waals surface area (Å²) in [5.74, 6) is 0. The third-order valence-corrected chi connectivity index (χ3v) is 3.96. The van der Waals surface area contributed by atoms with Crippen LogP contribution in [0.2, 0.25) is 0 Å². The van der Waals surface area contributed by atoms with Crippen LogP contribution in [0.3, 0.4) is 0 Å². The van der Waals surface area contributed by atoms with Crippen LogP contribution < -0.4 is 0 Å². The molecule has 1 unspecified atom stereocenters. The third kappa shape index (κ3) is 4.46. The summed E-state index contributed by atoms with van der Waals surface area (Å²) in [5.41, 5.74) is 0. The van der Waals surface area contributed by atoms with Crippen LogP contribution in [0.4, 0.5) is 4.39 Å². The van der Waals surface area contributed by atoms with Gasteiger partial charge in [-0.2, -0.15) is 0 Å². The summed E-state index contributed by atoms with van der Waals surface area (Å²) >= 11 is 0. The lowest BCUT2D eigenvalue weighted by Crippen LogP contribution is -2.49. The molecule has 0 aromatic rings. The maximum absolute atomic E-state index is 13.3. The maximum Gasteiger partial charge on any atom is 0.113 e. The molecule has 0 aliphatic carbocycles. The molecule has 1 atom stereocenters. The fourth-order valence-electron chi connectivity index (χ4n) is 2.81. The number of likely N-dealkylation sites (tertiary alicyclic amines) is 1. The molecule has 0 saturated carbocycles. The average molecular weight is 259 g/mol. The highest BCUT2D eigenvalue weighted by Gasteiger charge is 2.21. The van der Waals surface area contributed by atoms with Crippen molar-refractivity contribution in [3.05, 3.63) is 0 Å². The predicted octanol–water partition coefficient (Wildman–Crippen LogP) is 0.642. The topological polar surface area (TPSA) is 19.0 Å². The van der Waals surface area contributed by atoms with E-state index in [0.717, 1.165) is 65.4 Å². The number of hydrogen-bond acceptors (Lipinski definition) is 4. The zero-order valence-electron chi connectivity index (χ0n) is 11.5. The number of hydrogen-bond donors (Lipinski definition) is 0. The Bertz CT molecular complexity index is 234. The Kier molecular flexibility index (Phi) is 5.82. The molecule has 0 aromatic heterocycles. The first-order chi connectivity index (χ1) is 8.78. The molecule has 5 heteroatoms. The number of piperidine rings is 1. The molecule has 2 fully saturated rings. The van der Waals surface area contributed by atoms with Crippen LogP contribution in [-0.2, 0) is 4.74 Å². The molecule has 2 rings (SSSR count). The van der Waals surface area contributed by atoms with Gasteiger partial charge in [-0.3, -0.25) is 14.7 Å². The maximum atomic E-state index is 13.3. The number of rotatable bonds is 5. The van der Waals surface area contributed by atoms with Gasteiger partial charge in [0.25, 0.3) is 0 Å². The summed E-state index contributed by atoms with van der Waals surface area (Å²) in [6.45, 7) is 8.93. The van der Waals surface area contributed by atoms with Crippen LogP contribution >= 0.6 is 0 Å². The molecule has 0 spiro atoms. The lowest BCUT2D eigenvalue weighted by Gasteiger charge is -2.36. The molecular formula is C13H26FN3O. The second-order valence-corrected chi connectivity index (χ2v) is 5.42. The Morgan fingerprint density at radius 2 is 1.67 bits per heavy atom. The van der Waals surface area contributed by atoms with Gasteiger partial charge in [-0.25, -0.2) is 4.39 Å². The molecule has 2 aliphatic heterocycles. The summed E-state index contributed by atoms with van der Waals surface area (Å²) in [6, 6.07) is 0. The van der Waals surface area contributed by atoms with Crippen molar-refractivity contribution < 1.29 is 9.13 Å². The molecule has 2 heterocycles. The smallest absolute Gasteiger partial charge is 0.113 e. The minimum atomic E-state index is -0.600. The van der Waals surface area contributed by atoms with Crippen molar-refractivity contribution in [1.29, 1.82) is 0 Å². The van der Waals surface area contributed by atoms with Gasteiger partial charge in [0.05, 0.1) is 6.73 Å². The Balaban J connectivity index is 1.60. The molecule has 0 radical (unpaired) electrons. The van der Waals surface area contributed by atoms with Crippen molar-refractivity contribution in [2.45, 2.75) is 19.0 Å². The minimum Gasteiger partial charge on any atom is -0.369 e. The van der Waals surface area contributed by atoms with E-state index in [4.69, 9.17) is 4.74 Å². The van der Waals surface area contributed by atoms with Gasteiger partial charge in [0.1, 0.15) is 6.17 Å². The van der Waals surface area contributed by atoms with Crippen LogP contribution in [0.1, 0.15) is 12.8 Å². The number of ether oxygens (including phenoxy) is 1. The van der Waals surface area contributed by atoms with Crippen LogP contribution in [0.15, 0.2) is 0 Å².